The number of rotatable bonds is 5. The molecule has 1 aromatic heterocycles. The minimum Gasteiger partial charge on any atom is -0.506 e. The lowest BCUT2D eigenvalue weighted by Crippen LogP contribution is -2.37. The van der Waals surface area contributed by atoms with Crippen molar-refractivity contribution in [3.8, 4) is 5.75 Å². The Morgan fingerprint density at radius 2 is 1.85 bits per heavy atom. The first-order valence-corrected chi connectivity index (χ1v) is 9.99. The quantitative estimate of drug-likeness (QED) is 0.677. The number of aromatic hydroxyl groups is 1. The van der Waals surface area contributed by atoms with Crippen LogP contribution in [0.4, 0.5) is 5.69 Å². The smallest absolute Gasteiger partial charge is 0.267 e. The number of aromatic nitrogens is 1. The van der Waals surface area contributed by atoms with E-state index in [1.165, 1.54) is 16.3 Å². The number of aryl methyl sites for hydroxylation is 1. The summed E-state index contributed by atoms with van der Waals surface area (Å²) in [6.07, 6.45) is 2.62. The van der Waals surface area contributed by atoms with E-state index in [2.05, 4.69) is 0 Å². The lowest BCUT2D eigenvalue weighted by Gasteiger charge is -2.23. The van der Waals surface area contributed by atoms with E-state index in [-0.39, 0.29) is 11.3 Å². The van der Waals surface area contributed by atoms with Crippen LogP contribution in [0.15, 0.2) is 58.2 Å². The van der Waals surface area contributed by atoms with Crippen molar-refractivity contribution in [3.05, 3.63) is 64.4 Å². The molecule has 0 unspecified atom stereocenters. The summed E-state index contributed by atoms with van der Waals surface area (Å²) >= 11 is 1.46. The standard InChI is InChI=1S/C21H22N2O3S/c1-4-13-23(14-9-6-5-7-10-14)21(26)18-19(24)17-15(22(2)20(18)25)11-8-12-16(17)27-3/h5-12,24H,4,13H2,1-3H3. The zero-order valence-corrected chi connectivity index (χ0v) is 16.4. The molecule has 3 rings (SSSR count). The van der Waals surface area contributed by atoms with Crippen LogP contribution in [0.5, 0.6) is 5.75 Å². The minimum absolute atomic E-state index is 0.191. The normalized spacial score (nSPS) is 10.9. The molecule has 1 heterocycles. The predicted octanol–water partition coefficient (Wildman–Crippen LogP) is 4.02. The summed E-state index contributed by atoms with van der Waals surface area (Å²) in [6, 6.07) is 14.7. The van der Waals surface area contributed by atoms with Crippen molar-refractivity contribution in [1.29, 1.82) is 0 Å². The first-order valence-electron chi connectivity index (χ1n) is 8.76. The average molecular weight is 382 g/mol. The number of nitrogens with zero attached hydrogens (tertiary/aromatic N) is 2. The molecule has 0 spiro atoms. The van der Waals surface area contributed by atoms with E-state index in [1.54, 1.807) is 18.0 Å². The summed E-state index contributed by atoms with van der Waals surface area (Å²) in [4.78, 5) is 28.6. The summed E-state index contributed by atoms with van der Waals surface area (Å²) in [7, 11) is 1.62. The molecule has 0 fully saturated rings. The summed E-state index contributed by atoms with van der Waals surface area (Å²) in [6.45, 7) is 2.42. The summed E-state index contributed by atoms with van der Waals surface area (Å²) in [5.41, 5.74) is 0.607. The van der Waals surface area contributed by atoms with Gasteiger partial charge in [-0.2, -0.15) is 0 Å². The third kappa shape index (κ3) is 3.32. The number of pyridine rings is 1. The molecule has 0 saturated heterocycles. The van der Waals surface area contributed by atoms with Crippen molar-refractivity contribution < 1.29 is 9.90 Å². The fraction of sp³-hybridized carbons (Fsp3) is 0.238. The lowest BCUT2D eigenvalue weighted by atomic mass is 10.1. The molecule has 1 amide bonds. The van der Waals surface area contributed by atoms with Crippen LogP contribution in [-0.2, 0) is 7.05 Å². The predicted molar refractivity (Wildman–Crippen MR) is 111 cm³/mol. The third-order valence-electron chi connectivity index (χ3n) is 4.55. The Kier molecular flexibility index (Phi) is 5.56. The molecule has 0 atom stereocenters. The Morgan fingerprint density at radius 1 is 1.15 bits per heavy atom. The zero-order valence-electron chi connectivity index (χ0n) is 15.6. The van der Waals surface area contributed by atoms with Gasteiger partial charge in [-0.1, -0.05) is 31.2 Å². The van der Waals surface area contributed by atoms with Crippen LogP contribution < -0.4 is 10.5 Å². The molecule has 0 aliphatic rings. The van der Waals surface area contributed by atoms with Gasteiger partial charge in [-0.25, -0.2) is 0 Å². The van der Waals surface area contributed by atoms with Crippen molar-refractivity contribution in [1.82, 2.24) is 4.57 Å². The molecular weight excluding hydrogens is 360 g/mol. The molecule has 2 aromatic carbocycles. The van der Waals surface area contributed by atoms with Crippen LogP contribution in [0.2, 0.25) is 0 Å². The highest BCUT2D eigenvalue weighted by Gasteiger charge is 2.27. The second-order valence-electron chi connectivity index (χ2n) is 6.23. The fourth-order valence-corrected chi connectivity index (χ4v) is 3.84. The average Bonchev–Trinajstić information content (AvgIpc) is 2.70. The fourth-order valence-electron chi connectivity index (χ4n) is 3.22. The second kappa shape index (κ2) is 7.88. The topological polar surface area (TPSA) is 62.5 Å². The minimum atomic E-state index is -0.500. The number of hydrogen-bond acceptors (Lipinski definition) is 4. The number of carbonyl (C=O) groups excluding carboxylic acids is 1. The Morgan fingerprint density at radius 3 is 2.48 bits per heavy atom. The van der Waals surface area contributed by atoms with Gasteiger partial charge in [0.25, 0.3) is 11.5 Å². The van der Waals surface area contributed by atoms with Gasteiger partial charge < -0.3 is 14.6 Å². The molecule has 0 aliphatic heterocycles. The highest BCUT2D eigenvalue weighted by molar-refractivity contribution is 7.98. The van der Waals surface area contributed by atoms with Crippen LogP contribution in [-0.4, -0.2) is 28.4 Å². The lowest BCUT2D eigenvalue weighted by molar-refractivity contribution is 0.0982. The first kappa shape index (κ1) is 19.0. The molecule has 0 bridgehead atoms. The van der Waals surface area contributed by atoms with Gasteiger partial charge >= 0.3 is 0 Å². The molecular formula is C21H22N2O3S. The van der Waals surface area contributed by atoms with Gasteiger partial charge in [0.15, 0.2) is 0 Å². The molecule has 3 aromatic rings. The SMILES string of the molecule is CCCN(C(=O)c1c(O)c2c(SC)cccc2n(C)c1=O)c1ccccc1. The molecule has 140 valence electrons. The maximum Gasteiger partial charge on any atom is 0.267 e. The van der Waals surface area contributed by atoms with Crippen molar-refractivity contribution in [2.24, 2.45) is 7.05 Å². The number of carbonyl (C=O) groups is 1. The van der Waals surface area contributed by atoms with Gasteiger partial charge in [-0.3, -0.25) is 9.59 Å². The summed E-state index contributed by atoms with van der Waals surface area (Å²) in [5.74, 6) is -0.737. The highest BCUT2D eigenvalue weighted by Crippen LogP contribution is 2.34. The van der Waals surface area contributed by atoms with E-state index in [4.69, 9.17) is 0 Å². The van der Waals surface area contributed by atoms with E-state index in [0.29, 0.717) is 23.1 Å². The van der Waals surface area contributed by atoms with Crippen molar-refractivity contribution in [3.63, 3.8) is 0 Å². The molecule has 5 nitrogen and oxygen atoms in total. The van der Waals surface area contributed by atoms with Crippen molar-refractivity contribution >= 4 is 34.3 Å². The summed E-state index contributed by atoms with van der Waals surface area (Å²) in [5, 5.41) is 11.5. The van der Waals surface area contributed by atoms with Crippen LogP contribution in [0.3, 0.4) is 0 Å². The van der Waals surface area contributed by atoms with E-state index < -0.39 is 11.5 Å². The van der Waals surface area contributed by atoms with Gasteiger partial charge in [-0.15, -0.1) is 11.8 Å². The number of amides is 1. The van der Waals surface area contributed by atoms with Gasteiger partial charge in [0.2, 0.25) is 0 Å². The Hall–Kier alpha value is -2.73. The molecule has 0 radical (unpaired) electrons. The van der Waals surface area contributed by atoms with E-state index >= 15 is 0 Å². The highest BCUT2D eigenvalue weighted by atomic mass is 32.2. The largest absolute Gasteiger partial charge is 0.506 e. The second-order valence-corrected chi connectivity index (χ2v) is 7.08. The van der Waals surface area contributed by atoms with Crippen molar-refractivity contribution in [2.45, 2.75) is 18.2 Å². The molecule has 6 heteroatoms. The maximum atomic E-state index is 13.3. The number of anilines is 1. The molecule has 0 aliphatic carbocycles. The van der Waals surface area contributed by atoms with Crippen LogP contribution in [0, 0.1) is 0 Å². The monoisotopic (exact) mass is 382 g/mol. The number of para-hydroxylation sites is 1. The van der Waals surface area contributed by atoms with Gasteiger partial charge in [-0.05, 0) is 36.9 Å². The van der Waals surface area contributed by atoms with Crippen LogP contribution in [0.1, 0.15) is 23.7 Å². The van der Waals surface area contributed by atoms with Crippen LogP contribution in [0.25, 0.3) is 10.9 Å². The van der Waals surface area contributed by atoms with Gasteiger partial charge in [0.05, 0.1) is 10.9 Å². The first-order chi connectivity index (χ1) is 13.0. The Bertz CT molecular complexity index is 1040. The zero-order chi connectivity index (χ0) is 19.6. The number of thioether (sulfide) groups is 1. The van der Waals surface area contributed by atoms with E-state index in [0.717, 1.165) is 11.3 Å². The van der Waals surface area contributed by atoms with E-state index in [9.17, 15) is 14.7 Å². The maximum absolute atomic E-state index is 13.3. The van der Waals surface area contributed by atoms with E-state index in [1.807, 2.05) is 55.6 Å². The summed E-state index contributed by atoms with van der Waals surface area (Å²) < 4.78 is 1.43. The third-order valence-corrected chi connectivity index (χ3v) is 5.33. The van der Waals surface area contributed by atoms with Gasteiger partial charge in [0.1, 0.15) is 11.3 Å². The number of fused-ring (bicyclic) bond motifs is 1. The molecule has 0 saturated carbocycles. The Balaban J connectivity index is 2.26. The van der Waals surface area contributed by atoms with Crippen molar-refractivity contribution in [2.75, 3.05) is 17.7 Å². The number of benzene rings is 2. The van der Waals surface area contributed by atoms with Crippen LogP contribution >= 0.6 is 11.8 Å². The Labute approximate surface area is 162 Å². The number of hydrogen-bond donors (Lipinski definition) is 1. The van der Waals surface area contributed by atoms with Gasteiger partial charge in [0, 0.05) is 24.2 Å². The molecule has 1 N–H and O–H groups in total. The molecule has 27 heavy (non-hydrogen) atoms.